The Kier molecular flexibility index (Phi) is 7.12. The van der Waals surface area contributed by atoms with Crippen molar-refractivity contribution in [2.24, 2.45) is 5.92 Å². The van der Waals surface area contributed by atoms with Crippen molar-refractivity contribution in [2.45, 2.75) is 93.5 Å². The average molecular weight is 550 g/mol. The second kappa shape index (κ2) is 10.9. The number of fused-ring (bicyclic) bond motifs is 5. The molecule has 5 heteroatoms. The molecule has 3 N–H and O–H groups in total. The summed E-state index contributed by atoms with van der Waals surface area (Å²) < 4.78 is 0. The van der Waals surface area contributed by atoms with Crippen molar-refractivity contribution in [3.8, 4) is 0 Å². The standard InChI is InChI=1S/C36H43N3O2/c40-34(39-25-9-16-33(39)36(41,27-10-3-1-4-11-27)28-12-5-2-6-13-28)37-29-19-17-26(18-20-29)21-23-35-24-22-32(38-35)30-14-7-8-15-31(30)35/h1-8,10-15,26,29,32-33,38,41H,9,16-25H2,(H,37,40)/t26?,29?,32-,33-,35+/m0/s1. The summed E-state index contributed by atoms with van der Waals surface area (Å²) in [6.07, 6.45) is 11.1. The summed E-state index contributed by atoms with van der Waals surface area (Å²) >= 11 is 0. The van der Waals surface area contributed by atoms with E-state index in [2.05, 4.69) is 34.9 Å². The summed E-state index contributed by atoms with van der Waals surface area (Å²) in [4.78, 5) is 15.6. The highest BCUT2D eigenvalue weighted by Gasteiger charge is 2.49. The van der Waals surface area contributed by atoms with Gasteiger partial charge in [0.2, 0.25) is 0 Å². The van der Waals surface area contributed by atoms with Crippen molar-refractivity contribution in [2.75, 3.05) is 6.54 Å². The first-order valence-electron chi connectivity index (χ1n) is 15.8. The minimum atomic E-state index is -1.25. The Hall–Kier alpha value is -3.15. The Bertz CT molecular complexity index is 1310. The molecule has 0 aromatic heterocycles. The molecular weight excluding hydrogens is 506 g/mol. The zero-order valence-corrected chi connectivity index (χ0v) is 24.0. The molecule has 41 heavy (non-hydrogen) atoms. The van der Waals surface area contributed by atoms with Crippen molar-refractivity contribution in [1.29, 1.82) is 0 Å². The molecule has 3 heterocycles. The fourth-order valence-electron chi connectivity index (χ4n) is 8.57. The fourth-order valence-corrected chi connectivity index (χ4v) is 8.57. The highest BCUT2D eigenvalue weighted by Crippen LogP contribution is 2.52. The Labute approximate surface area is 244 Å². The van der Waals surface area contributed by atoms with E-state index in [1.165, 1.54) is 44.1 Å². The largest absolute Gasteiger partial charge is 0.378 e. The molecule has 1 saturated carbocycles. The molecule has 3 aliphatic heterocycles. The number of urea groups is 1. The number of hydrogen-bond donors (Lipinski definition) is 3. The topological polar surface area (TPSA) is 64.6 Å². The van der Waals surface area contributed by atoms with Crippen molar-refractivity contribution in [3.63, 3.8) is 0 Å². The van der Waals surface area contributed by atoms with Crippen LogP contribution in [0.4, 0.5) is 4.79 Å². The number of carbonyl (C=O) groups excluding carboxylic acids is 1. The minimum Gasteiger partial charge on any atom is -0.378 e. The average Bonchev–Trinajstić information content (AvgIpc) is 3.77. The molecule has 214 valence electrons. The van der Waals surface area contributed by atoms with Gasteiger partial charge in [0.05, 0.1) is 6.04 Å². The lowest BCUT2D eigenvalue weighted by Crippen LogP contribution is -2.54. The number of benzene rings is 3. The molecule has 3 fully saturated rings. The predicted octanol–water partition coefficient (Wildman–Crippen LogP) is 6.77. The van der Waals surface area contributed by atoms with E-state index in [0.29, 0.717) is 12.6 Å². The van der Waals surface area contributed by atoms with E-state index in [1.54, 1.807) is 5.56 Å². The van der Waals surface area contributed by atoms with Crippen LogP contribution >= 0.6 is 0 Å². The van der Waals surface area contributed by atoms with Crippen LogP contribution in [-0.2, 0) is 11.1 Å². The van der Waals surface area contributed by atoms with Gasteiger partial charge in [-0.1, -0.05) is 84.9 Å². The first-order valence-corrected chi connectivity index (χ1v) is 15.8. The molecule has 2 amide bonds. The number of likely N-dealkylation sites (tertiary alicyclic amines) is 1. The molecule has 4 aliphatic rings. The maximum Gasteiger partial charge on any atom is 0.317 e. The summed E-state index contributed by atoms with van der Waals surface area (Å²) in [7, 11) is 0. The summed E-state index contributed by atoms with van der Waals surface area (Å²) in [5.74, 6) is 0.729. The van der Waals surface area contributed by atoms with Crippen LogP contribution < -0.4 is 10.6 Å². The van der Waals surface area contributed by atoms with Crippen LogP contribution in [0.2, 0.25) is 0 Å². The maximum absolute atomic E-state index is 13.7. The molecule has 5 nitrogen and oxygen atoms in total. The predicted molar refractivity (Wildman–Crippen MR) is 162 cm³/mol. The third-order valence-corrected chi connectivity index (χ3v) is 10.7. The van der Waals surface area contributed by atoms with Crippen LogP contribution in [0.25, 0.3) is 0 Å². The van der Waals surface area contributed by atoms with E-state index in [9.17, 15) is 9.90 Å². The third kappa shape index (κ3) is 4.77. The molecule has 3 atom stereocenters. The molecule has 7 rings (SSSR count). The van der Waals surface area contributed by atoms with Gasteiger partial charge in [-0.3, -0.25) is 0 Å². The Balaban J connectivity index is 0.979. The zero-order valence-electron chi connectivity index (χ0n) is 24.0. The Morgan fingerprint density at radius 2 is 1.54 bits per heavy atom. The van der Waals surface area contributed by atoms with Crippen molar-refractivity contribution >= 4 is 6.03 Å². The molecule has 3 aromatic rings. The van der Waals surface area contributed by atoms with Gasteiger partial charge in [-0.15, -0.1) is 0 Å². The quantitative estimate of drug-likeness (QED) is 0.305. The molecule has 0 spiro atoms. The van der Waals surface area contributed by atoms with E-state index in [0.717, 1.165) is 42.7 Å². The van der Waals surface area contributed by atoms with Crippen LogP contribution in [0.5, 0.6) is 0 Å². The van der Waals surface area contributed by atoms with E-state index >= 15 is 0 Å². The van der Waals surface area contributed by atoms with Crippen molar-refractivity contribution in [3.05, 3.63) is 107 Å². The number of rotatable bonds is 7. The minimum absolute atomic E-state index is 0.0242. The van der Waals surface area contributed by atoms with Crippen LogP contribution in [0.3, 0.4) is 0 Å². The van der Waals surface area contributed by atoms with E-state index in [-0.39, 0.29) is 23.7 Å². The zero-order chi connectivity index (χ0) is 27.9. The van der Waals surface area contributed by atoms with Gasteiger partial charge in [0.1, 0.15) is 5.60 Å². The van der Waals surface area contributed by atoms with Crippen LogP contribution in [0, 0.1) is 5.92 Å². The number of hydrogen-bond acceptors (Lipinski definition) is 3. The maximum atomic E-state index is 13.7. The van der Waals surface area contributed by atoms with Crippen molar-refractivity contribution < 1.29 is 9.90 Å². The van der Waals surface area contributed by atoms with Crippen LogP contribution in [-0.4, -0.2) is 34.7 Å². The number of nitrogens with one attached hydrogen (secondary N) is 2. The smallest absolute Gasteiger partial charge is 0.317 e. The molecule has 3 aromatic carbocycles. The second-order valence-corrected chi connectivity index (χ2v) is 13.0. The fraction of sp³-hybridized carbons (Fsp3) is 0.472. The monoisotopic (exact) mass is 549 g/mol. The summed E-state index contributed by atoms with van der Waals surface area (Å²) in [5.41, 5.74) is 3.68. The third-order valence-electron chi connectivity index (χ3n) is 10.7. The van der Waals surface area contributed by atoms with Gasteiger partial charge >= 0.3 is 6.03 Å². The van der Waals surface area contributed by atoms with Gasteiger partial charge in [-0.05, 0) is 92.4 Å². The number of nitrogens with zero attached hydrogens (tertiary/aromatic N) is 1. The van der Waals surface area contributed by atoms with Gasteiger partial charge in [-0.25, -0.2) is 4.79 Å². The molecule has 2 saturated heterocycles. The second-order valence-electron chi connectivity index (χ2n) is 13.0. The molecule has 0 unspecified atom stereocenters. The SMILES string of the molecule is O=C(NC1CCC(CC[C@]23CC[C@H](N2)c2ccccc23)CC1)N1CCC[C@H]1C(O)(c1ccccc1)c1ccccc1. The summed E-state index contributed by atoms with van der Waals surface area (Å²) in [6.45, 7) is 0.672. The lowest BCUT2D eigenvalue weighted by molar-refractivity contribution is 0.00803. The molecular formula is C36H43N3O2. The molecule has 2 bridgehead atoms. The van der Waals surface area contributed by atoms with Crippen molar-refractivity contribution in [1.82, 2.24) is 15.5 Å². The van der Waals surface area contributed by atoms with E-state index < -0.39 is 5.60 Å². The van der Waals surface area contributed by atoms with Crippen LogP contribution in [0.15, 0.2) is 84.9 Å². The Morgan fingerprint density at radius 3 is 2.24 bits per heavy atom. The van der Waals surface area contributed by atoms with E-state index in [1.807, 2.05) is 65.6 Å². The molecule has 1 aliphatic carbocycles. The highest BCUT2D eigenvalue weighted by atomic mass is 16.3. The normalized spacial score (nSPS) is 29.0. The van der Waals surface area contributed by atoms with Gasteiger partial charge in [-0.2, -0.15) is 0 Å². The number of carbonyl (C=O) groups is 1. The first-order chi connectivity index (χ1) is 20.1. The Morgan fingerprint density at radius 1 is 0.878 bits per heavy atom. The highest BCUT2D eigenvalue weighted by molar-refractivity contribution is 5.75. The van der Waals surface area contributed by atoms with Gasteiger partial charge in [0.25, 0.3) is 0 Å². The lowest BCUT2D eigenvalue weighted by Gasteiger charge is -2.41. The summed E-state index contributed by atoms with van der Waals surface area (Å²) in [5, 5.41) is 19.7. The molecule has 0 radical (unpaired) electrons. The number of aliphatic hydroxyl groups is 1. The summed E-state index contributed by atoms with van der Waals surface area (Å²) in [6, 6.07) is 29.2. The van der Waals surface area contributed by atoms with Crippen LogP contribution in [0.1, 0.15) is 92.5 Å². The van der Waals surface area contributed by atoms with Gasteiger partial charge < -0.3 is 20.6 Å². The van der Waals surface area contributed by atoms with Gasteiger partial charge in [0.15, 0.2) is 0 Å². The number of amides is 2. The van der Waals surface area contributed by atoms with E-state index in [4.69, 9.17) is 0 Å². The first kappa shape index (κ1) is 26.7. The van der Waals surface area contributed by atoms with Gasteiger partial charge in [0, 0.05) is 24.2 Å². The lowest BCUT2D eigenvalue weighted by atomic mass is 9.75.